The average molecular weight is 261 g/mol. The van der Waals surface area contributed by atoms with Crippen LogP contribution in [0, 0.1) is 0 Å². The molecule has 1 aliphatic heterocycles. The number of nitrogens with zero attached hydrogens (tertiary/aromatic N) is 3. The van der Waals surface area contributed by atoms with Gasteiger partial charge in [0.25, 0.3) is 5.91 Å². The number of aromatic nitrogens is 1. The molecule has 0 unspecified atom stereocenters. The first-order valence-electron chi connectivity index (χ1n) is 6.52. The van der Waals surface area contributed by atoms with E-state index >= 15 is 0 Å². The predicted molar refractivity (Wildman–Crippen MR) is 75.1 cm³/mol. The molecule has 0 spiro atoms. The molecule has 0 aromatic carbocycles. The molecule has 0 bridgehead atoms. The Balaban J connectivity index is 2.09. The fourth-order valence-electron chi connectivity index (χ4n) is 2.18. The molecule has 4 N–H and O–H groups in total. The molecule has 2 heterocycles. The van der Waals surface area contributed by atoms with E-state index in [1.807, 2.05) is 6.07 Å². The standard InChI is InChI=1S/C13H19N5O/c14-13(15)17-12(19)10-5-6-11(16-9-10)18-7-3-1-2-4-8-18/h5-6,9H,1-4,7-8H2,(H4,14,15,17,19). The van der Waals surface area contributed by atoms with E-state index in [0.29, 0.717) is 5.56 Å². The minimum Gasteiger partial charge on any atom is -0.370 e. The van der Waals surface area contributed by atoms with E-state index in [1.165, 1.54) is 31.9 Å². The van der Waals surface area contributed by atoms with Crippen molar-refractivity contribution in [3.05, 3.63) is 23.9 Å². The fraction of sp³-hybridized carbons (Fsp3) is 0.462. The highest BCUT2D eigenvalue weighted by atomic mass is 16.1. The molecular weight excluding hydrogens is 242 g/mol. The van der Waals surface area contributed by atoms with Gasteiger partial charge in [0, 0.05) is 19.3 Å². The van der Waals surface area contributed by atoms with Gasteiger partial charge in [-0.2, -0.15) is 4.99 Å². The summed E-state index contributed by atoms with van der Waals surface area (Å²) < 4.78 is 0. The molecule has 1 aromatic heterocycles. The number of nitrogens with two attached hydrogens (primary N) is 2. The van der Waals surface area contributed by atoms with Gasteiger partial charge in [-0.25, -0.2) is 4.98 Å². The van der Waals surface area contributed by atoms with Crippen molar-refractivity contribution in [2.24, 2.45) is 16.5 Å². The molecule has 19 heavy (non-hydrogen) atoms. The Morgan fingerprint density at radius 3 is 2.37 bits per heavy atom. The van der Waals surface area contributed by atoms with Gasteiger partial charge in [0.1, 0.15) is 5.82 Å². The third kappa shape index (κ3) is 3.67. The number of hydrogen-bond acceptors (Lipinski definition) is 3. The molecule has 102 valence electrons. The summed E-state index contributed by atoms with van der Waals surface area (Å²) in [5.74, 6) is 0.208. The molecule has 0 atom stereocenters. The molecule has 1 saturated heterocycles. The Morgan fingerprint density at radius 1 is 1.16 bits per heavy atom. The zero-order valence-corrected chi connectivity index (χ0v) is 10.9. The van der Waals surface area contributed by atoms with Crippen molar-refractivity contribution in [1.82, 2.24) is 4.98 Å². The highest BCUT2D eigenvalue weighted by molar-refractivity contribution is 6.01. The number of hydrogen-bond donors (Lipinski definition) is 2. The van der Waals surface area contributed by atoms with Crippen LogP contribution >= 0.6 is 0 Å². The molecule has 6 heteroatoms. The van der Waals surface area contributed by atoms with Crippen molar-refractivity contribution in [3.63, 3.8) is 0 Å². The van der Waals surface area contributed by atoms with E-state index < -0.39 is 5.91 Å². The van der Waals surface area contributed by atoms with Gasteiger partial charge < -0.3 is 16.4 Å². The van der Waals surface area contributed by atoms with Crippen LogP contribution in [0.2, 0.25) is 0 Å². The summed E-state index contributed by atoms with van der Waals surface area (Å²) in [6.07, 6.45) is 6.46. The van der Waals surface area contributed by atoms with Crippen molar-refractivity contribution >= 4 is 17.7 Å². The van der Waals surface area contributed by atoms with Crippen LogP contribution in [0.1, 0.15) is 36.0 Å². The van der Waals surface area contributed by atoms with E-state index in [9.17, 15) is 4.79 Å². The van der Waals surface area contributed by atoms with E-state index in [4.69, 9.17) is 11.5 Å². The Labute approximate surface area is 112 Å². The lowest BCUT2D eigenvalue weighted by Crippen LogP contribution is -2.25. The summed E-state index contributed by atoms with van der Waals surface area (Å²) >= 11 is 0. The van der Waals surface area contributed by atoms with Crippen molar-refractivity contribution in [2.75, 3.05) is 18.0 Å². The van der Waals surface area contributed by atoms with Crippen molar-refractivity contribution in [3.8, 4) is 0 Å². The topological polar surface area (TPSA) is 97.6 Å². The monoisotopic (exact) mass is 261 g/mol. The zero-order valence-electron chi connectivity index (χ0n) is 10.9. The van der Waals surface area contributed by atoms with Crippen LogP contribution in [0.25, 0.3) is 0 Å². The molecule has 1 amide bonds. The highest BCUT2D eigenvalue weighted by Crippen LogP contribution is 2.17. The zero-order chi connectivity index (χ0) is 13.7. The van der Waals surface area contributed by atoms with E-state index in [-0.39, 0.29) is 5.96 Å². The van der Waals surface area contributed by atoms with Gasteiger partial charge in [-0.1, -0.05) is 12.8 Å². The molecule has 1 aromatic rings. The molecular formula is C13H19N5O. The van der Waals surface area contributed by atoms with Crippen molar-refractivity contribution in [1.29, 1.82) is 0 Å². The normalized spacial score (nSPS) is 15.7. The highest BCUT2D eigenvalue weighted by Gasteiger charge is 2.12. The quantitative estimate of drug-likeness (QED) is 0.608. The van der Waals surface area contributed by atoms with Gasteiger partial charge in [-0.15, -0.1) is 0 Å². The Bertz CT molecular complexity index is 456. The fourth-order valence-corrected chi connectivity index (χ4v) is 2.18. The van der Waals surface area contributed by atoms with Crippen LogP contribution in [0.5, 0.6) is 0 Å². The number of pyridine rings is 1. The van der Waals surface area contributed by atoms with Crippen LogP contribution in [-0.2, 0) is 0 Å². The van der Waals surface area contributed by atoms with Crippen LogP contribution in [0.15, 0.2) is 23.3 Å². The van der Waals surface area contributed by atoms with Gasteiger partial charge in [0.05, 0.1) is 5.56 Å². The second kappa shape index (κ2) is 6.17. The summed E-state index contributed by atoms with van der Waals surface area (Å²) in [4.78, 5) is 21.7. The molecule has 0 radical (unpaired) electrons. The lowest BCUT2D eigenvalue weighted by Gasteiger charge is -2.21. The first-order chi connectivity index (χ1) is 9.16. The summed E-state index contributed by atoms with van der Waals surface area (Å²) in [5, 5.41) is 0. The van der Waals surface area contributed by atoms with Gasteiger partial charge >= 0.3 is 0 Å². The molecule has 2 rings (SSSR count). The Kier molecular flexibility index (Phi) is 4.33. The minimum atomic E-state index is -0.463. The molecule has 0 aliphatic carbocycles. The first kappa shape index (κ1) is 13.3. The van der Waals surface area contributed by atoms with Gasteiger partial charge in [-0.05, 0) is 25.0 Å². The first-order valence-corrected chi connectivity index (χ1v) is 6.52. The van der Waals surface area contributed by atoms with Crippen LogP contribution in [0.4, 0.5) is 5.82 Å². The number of amides is 1. The summed E-state index contributed by atoms with van der Waals surface area (Å²) in [6, 6.07) is 3.56. The lowest BCUT2D eigenvalue weighted by atomic mass is 10.2. The largest absolute Gasteiger partial charge is 0.370 e. The third-order valence-corrected chi connectivity index (χ3v) is 3.16. The van der Waals surface area contributed by atoms with Gasteiger partial charge in [0.15, 0.2) is 5.96 Å². The van der Waals surface area contributed by atoms with Crippen molar-refractivity contribution < 1.29 is 4.79 Å². The van der Waals surface area contributed by atoms with Crippen LogP contribution in [0.3, 0.4) is 0 Å². The Hall–Kier alpha value is -2.11. The summed E-state index contributed by atoms with van der Waals surface area (Å²) in [6.45, 7) is 2.04. The predicted octanol–water partition coefficient (Wildman–Crippen LogP) is 0.876. The average Bonchev–Trinajstić information content (AvgIpc) is 2.67. The Morgan fingerprint density at radius 2 is 1.84 bits per heavy atom. The summed E-state index contributed by atoms with van der Waals surface area (Å²) in [7, 11) is 0. The SMILES string of the molecule is NC(N)=NC(=O)c1ccc(N2CCCCCC2)nc1. The second-order valence-corrected chi connectivity index (χ2v) is 4.65. The molecule has 0 saturated carbocycles. The number of aliphatic imine (C=N–C) groups is 1. The van der Waals surface area contributed by atoms with Crippen LogP contribution in [-0.4, -0.2) is 29.9 Å². The summed E-state index contributed by atoms with van der Waals surface area (Å²) in [5.41, 5.74) is 10.7. The number of carbonyl (C=O) groups excluding carboxylic acids is 1. The number of anilines is 1. The number of guanidine groups is 1. The minimum absolute atomic E-state index is 0.235. The molecule has 1 fully saturated rings. The number of rotatable bonds is 2. The third-order valence-electron chi connectivity index (χ3n) is 3.16. The van der Waals surface area contributed by atoms with E-state index in [0.717, 1.165) is 18.9 Å². The smallest absolute Gasteiger partial charge is 0.281 e. The van der Waals surface area contributed by atoms with Crippen molar-refractivity contribution in [2.45, 2.75) is 25.7 Å². The van der Waals surface area contributed by atoms with Crippen LogP contribution < -0.4 is 16.4 Å². The maximum Gasteiger partial charge on any atom is 0.281 e. The molecule has 1 aliphatic rings. The van der Waals surface area contributed by atoms with E-state index in [1.54, 1.807) is 6.07 Å². The van der Waals surface area contributed by atoms with Gasteiger partial charge in [-0.3, -0.25) is 4.79 Å². The van der Waals surface area contributed by atoms with Gasteiger partial charge in [0.2, 0.25) is 0 Å². The number of carbonyl (C=O) groups is 1. The molecule has 6 nitrogen and oxygen atoms in total. The van der Waals surface area contributed by atoms with E-state index in [2.05, 4.69) is 14.9 Å². The maximum atomic E-state index is 11.6. The second-order valence-electron chi connectivity index (χ2n) is 4.65. The lowest BCUT2D eigenvalue weighted by molar-refractivity contribution is 0.100. The maximum absolute atomic E-state index is 11.6.